The van der Waals surface area contributed by atoms with E-state index in [-0.39, 0.29) is 72.4 Å². The summed E-state index contributed by atoms with van der Waals surface area (Å²) >= 11 is 1.76. The van der Waals surface area contributed by atoms with Gasteiger partial charge in [0, 0.05) is 126 Å². The van der Waals surface area contributed by atoms with Crippen molar-refractivity contribution in [1.82, 2.24) is 44.5 Å². The van der Waals surface area contributed by atoms with Crippen molar-refractivity contribution in [3.8, 4) is 0 Å². The number of ether oxygens (including phenoxy) is 2. The molecule has 0 radical (unpaired) electrons. The lowest BCUT2D eigenvalue weighted by Gasteiger charge is -2.41. The summed E-state index contributed by atoms with van der Waals surface area (Å²) in [6, 6.07) is 26.6. The van der Waals surface area contributed by atoms with Gasteiger partial charge in [-0.05, 0) is 270 Å². The van der Waals surface area contributed by atoms with Crippen molar-refractivity contribution in [3.63, 3.8) is 0 Å². The molecule has 3 aromatic carbocycles. The number of nitrogens with zero attached hydrogens (tertiary/aromatic N) is 12. The molecular formula is C123H227N12O4S+. The zero-order chi connectivity index (χ0) is 105. The third-order valence-corrected chi connectivity index (χ3v) is 28.4. The largest absolute Gasteiger partial charge is 0.460 e. The monoisotopic (exact) mass is 1970 g/mol. The van der Waals surface area contributed by atoms with Gasteiger partial charge < -0.3 is 43.4 Å². The van der Waals surface area contributed by atoms with Gasteiger partial charge in [-0.1, -0.05) is 314 Å². The number of anilines is 2. The Balaban J connectivity index is 0. The molecule has 17 heteroatoms. The van der Waals surface area contributed by atoms with Crippen molar-refractivity contribution in [2.24, 2.45) is 56.2 Å². The molecule has 5 aliphatic heterocycles. The third-order valence-electron chi connectivity index (χ3n) is 27.4. The Morgan fingerprint density at radius 2 is 0.786 bits per heavy atom. The number of quaternary nitrogens is 1. The number of fused-ring (bicyclic) bond motifs is 1. The molecule has 808 valence electrons. The predicted molar refractivity (Wildman–Crippen MR) is 618 cm³/mol. The molecule has 6 fully saturated rings. The van der Waals surface area contributed by atoms with E-state index in [9.17, 15) is 9.59 Å². The molecule has 0 atom stereocenters. The van der Waals surface area contributed by atoms with Gasteiger partial charge in [0.2, 0.25) is 0 Å². The third kappa shape index (κ3) is 58.9. The standard InChI is InChI=1S/2C15H24N2.C14H27NO2.C12H15NS.C11H24N.C11H22O2.C10H21N.C10H20.2C8H12N2.C6H14.3CH4/c1-15(2,3)13-5-7-14(8-6-13)17-11-9-16(4)10-12-17;1-15(2,3)13-6-5-7-14(12-13)17-10-8-16(4)9-11-17;1-13(2,3)11-7-9-15(10-8-11)12(16)17-14(4,5)6;1-8-13-10-7-9(12(2,3)4)5-6-11(10)14-8;1-11(2,3)10-6-8-12(4,5)9-7-10;1-10(2,3)8-7-9(12)13-11(4,5)6;1-10(2,3)9-5-7-11(4)8-6-9;1-10(2,3)9-7-5-4-6-8-9;1-8(2,3)7-4-9-6-10-5-7;1-8(2,3)7-4-5-9-6-10-7;1-5-6(2,3)4;;;/h5-8H,9-12H2,1-4H3;5-7,12H,8-11H2,1-4H3;11H,7-10H2,1-6H3;5-7H,1-4H3;10H,6-9H2,1-5H3;7-8H2,1-6H3;9H,5-8H2,1-4H3;9H,4-8H2,1-3H3;2*4-6H,1-3H3;5H2,1-4H3;3*1H4/q;;;;+1;;;;;;;;;. The maximum Gasteiger partial charge on any atom is 0.410 e. The number of thiazole rings is 1. The van der Waals surface area contributed by atoms with E-state index in [4.69, 9.17) is 9.47 Å². The highest BCUT2D eigenvalue weighted by molar-refractivity contribution is 7.18. The van der Waals surface area contributed by atoms with E-state index in [1.165, 1.54) is 159 Å². The summed E-state index contributed by atoms with van der Waals surface area (Å²) in [7, 11) is 11.3. The van der Waals surface area contributed by atoms with Crippen molar-refractivity contribution in [3.05, 3.63) is 137 Å². The lowest BCUT2D eigenvalue weighted by atomic mass is 9.72. The molecule has 1 amide bonds. The van der Waals surface area contributed by atoms with Gasteiger partial charge in [0.25, 0.3) is 0 Å². The molecular weight excluding hydrogens is 1740 g/mol. The van der Waals surface area contributed by atoms with Crippen molar-refractivity contribution in [1.29, 1.82) is 0 Å². The van der Waals surface area contributed by atoms with Gasteiger partial charge in [-0.25, -0.2) is 29.7 Å². The molecule has 6 aliphatic rings. The van der Waals surface area contributed by atoms with E-state index in [0.717, 1.165) is 92.5 Å². The molecule has 5 saturated heterocycles. The number of hydrogen-bond acceptors (Lipinski definition) is 15. The number of esters is 1. The highest BCUT2D eigenvalue weighted by atomic mass is 32.1. The molecule has 3 aromatic heterocycles. The van der Waals surface area contributed by atoms with Gasteiger partial charge >= 0.3 is 12.1 Å². The molecule has 1 saturated carbocycles. The quantitative estimate of drug-likeness (QED) is 0.122. The number of rotatable bonds is 4. The van der Waals surface area contributed by atoms with Crippen molar-refractivity contribution < 1.29 is 23.5 Å². The summed E-state index contributed by atoms with van der Waals surface area (Å²) in [5, 5.41) is 1.14. The first-order valence-corrected chi connectivity index (χ1v) is 53.8. The van der Waals surface area contributed by atoms with Gasteiger partial charge in [-0.15, -0.1) is 11.3 Å². The van der Waals surface area contributed by atoms with Crippen LogP contribution in [0.4, 0.5) is 16.2 Å². The van der Waals surface area contributed by atoms with Crippen LogP contribution in [0.3, 0.4) is 0 Å². The Hall–Kier alpha value is -6.11. The molecule has 140 heavy (non-hydrogen) atoms. The van der Waals surface area contributed by atoms with Crippen molar-refractivity contribution in [2.75, 3.05) is 137 Å². The van der Waals surface area contributed by atoms with Crippen LogP contribution in [0.25, 0.3) is 10.2 Å². The van der Waals surface area contributed by atoms with E-state index in [0.29, 0.717) is 39.4 Å². The molecule has 16 nitrogen and oxygen atoms in total. The number of piperidine rings is 3. The molecule has 12 rings (SSSR count). The first kappa shape index (κ1) is 136. The van der Waals surface area contributed by atoms with E-state index in [2.05, 4.69) is 394 Å². The zero-order valence-electron chi connectivity index (χ0n) is 97.8. The van der Waals surface area contributed by atoms with E-state index in [1.807, 2.05) is 64.9 Å². The molecule has 1 aliphatic carbocycles. The Morgan fingerprint density at radius 1 is 0.400 bits per heavy atom. The van der Waals surface area contributed by atoms with Crippen LogP contribution in [0.2, 0.25) is 0 Å². The number of benzene rings is 3. The Kier molecular flexibility index (Phi) is 57.9. The number of aromatic nitrogens is 5. The van der Waals surface area contributed by atoms with Crippen LogP contribution in [0, 0.1) is 63.1 Å². The number of hydrogen-bond donors (Lipinski definition) is 0. The topological polar surface area (TPSA) is 136 Å². The number of carbonyl (C=O) groups excluding carboxylic acids is 2. The predicted octanol–water partition coefficient (Wildman–Crippen LogP) is 32.6. The first-order valence-electron chi connectivity index (χ1n) is 53.0. The Bertz CT molecular complexity index is 4200. The van der Waals surface area contributed by atoms with E-state index < -0.39 is 5.60 Å². The van der Waals surface area contributed by atoms with E-state index >= 15 is 0 Å². The Morgan fingerprint density at radius 3 is 1.14 bits per heavy atom. The van der Waals surface area contributed by atoms with Crippen LogP contribution < -0.4 is 9.80 Å². The minimum atomic E-state index is -0.391. The fourth-order valence-corrected chi connectivity index (χ4v) is 17.3. The molecule has 0 N–H and O–H groups in total. The number of carbonyl (C=O) groups is 2. The highest BCUT2D eigenvalue weighted by Crippen LogP contribution is 2.41. The number of aryl methyl sites for hydroxylation is 1. The second-order valence-corrected chi connectivity index (χ2v) is 56.1. The van der Waals surface area contributed by atoms with Gasteiger partial charge in [0.05, 0.1) is 42.4 Å². The maximum atomic E-state index is 11.9. The fourth-order valence-electron chi connectivity index (χ4n) is 16.5. The van der Waals surface area contributed by atoms with Crippen LogP contribution in [-0.2, 0) is 41.3 Å². The average Bonchev–Trinajstić information content (AvgIpc) is 1.63. The smallest absolute Gasteiger partial charge is 0.410 e. The second kappa shape index (κ2) is 59.6. The SMILES string of the molecule is C.C.C.CC(C)(C)C1CCCCC1.CC(C)(C)C1CC[N+](C)(C)CC1.CC(C)(C)CCC(=O)OC(C)(C)C.CC(C)(C)OC(=O)N1CCC(C(C)(C)C)CC1.CC(C)(C)c1ccncn1.CC(C)(C)c1cncnc1.CCC(C)(C)C.CN1CCC(C(C)(C)C)CC1.CN1CCN(c2ccc(C(C)(C)C)cc2)CC1.CN1CCN(c2cccc(C(C)(C)C)c2)CC1.Cc1nc2cc(C(C)(C)C)ccc2s1. The summed E-state index contributed by atoms with van der Waals surface area (Å²) in [5.74, 6) is 3.51. The summed E-state index contributed by atoms with van der Waals surface area (Å²) in [6.07, 6.45) is 26.3. The normalized spacial score (nSPS) is 17.1. The number of amides is 1. The summed E-state index contributed by atoms with van der Waals surface area (Å²) in [6.45, 7) is 106. The van der Waals surface area contributed by atoms with Gasteiger partial charge in [-0.3, -0.25) is 4.79 Å². The summed E-state index contributed by atoms with van der Waals surface area (Å²) < 4.78 is 13.1. The minimum absolute atomic E-state index is 0. The molecule has 0 unspecified atom stereocenters. The number of likely N-dealkylation sites (tertiary alicyclic amines) is 3. The highest BCUT2D eigenvalue weighted by Gasteiger charge is 2.36. The lowest BCUT2D eigenvalue weighted by molar-refractivity contribution is -0.896. The minimum Gasteiger partial charge on any atom is -0.460 e. The van der Waals surface area contributed by atoms with Crippen LogP contribution in [0.1, 0.15) is 422 Å². The maximum absolute atomic E-state index is 11.9. The van der Waals surface area contributed by atoms with Crippen LogP contribution in [-0.4, -0.2) is 199 Å². The zero-order valence-corrected chi connectivity index (χ0v) is 98.6. The van der Waals surface area contributed by atoms with Gasteiger partial charge in [-0.2, -0.15) is 0 Å². The van der Waals surface area contributed by atoms with Crippen molar-refractivity contribution >= 4 is 45.0 Å². The van der Waals surface area contributed by atoms with Crippen LogP contribution in [0.5, 0.6) is 0 Å². The van der Waals surface area contributed by atoms with E-state index in [1.54, 1.807) is 30.2 Å². The molecule has 6 aromatic rings. The number of likely N-dealkylation sites (N-methyl/N-ethyl adjacent to an activating group) is 2. The van der Waals surface area contributed by atoms with Crippen LogP contribution >= 0.6 is 11.3 Å². The first-order chi connectivity index (χ1) is 62.3. The summed E-state index contributed by atoms with van der Waals surface area (Å²) in [5.41, 5.74) is 13.3. The molecule has 0 spiro atoms. The van der Waals surface area contributed by atoms with Gasteiger partial charge in [0.1, 0.15) is 23.9 Å². The lowest BCUT2D eigenvalue weighted by Crippen LogP contribution is -2.48. The Labute approximate surface area is 871 Å². The second-order valence-electron chi connectivity index (χ2n) is 54.9. The van der Waals surface area contributed by atoms with Crippen LogP contribution in [0.15, 0.2) is 104 Å². The average molecular weight is 1970 g/mol. The number of piperazine rings is 2. The van der Waals surface area contributed by atoms with Crippen molar-refractivity contribution in [2.45, 2.75) is 434 Å². The molecule has 8 heterocycles. The molecule has 0 bridgehead atoms. The fraction of sp³-hybridized carbons (Fsp3) is 0.764. The van der Waals surface area contributed by atoms with Gasteiger partial charge in [0.15, 0.2) is 0 Å². The summed E-state index contributed by atoms with van der Waals surface area (Å²) in [4.78, 5) is 57.6.